The van der Waals surface area contributed by atoms with E-state index in [1.807, 2.05) is 6.92 Å². The molecule has 17 heavy (non-hydrogen) atoms. The minimum atomic E-state index is -4.65. The molecule has 1 atom stereocenters. The molecule has 0 aliphatic carbocycles. The summed E-state index contributed by atoms with van der Waals surface area (Å²) in [6.07, 6.45) is -2.91. The van der Waals surface area contributed by atoms with E-state index < -0.39 is 6.36 Å². The van der Waals surface area contributed by atoms with Gasteiger partial charge in [-0.15, -0.1) is 25.6 Å². The molecule has 0 heterocycles. The van der Waals surface area contributed by atoms with E-state index in [2.05, 4.69) is 4.74 Å². The number of nitrogens with two attached hydrogens (primary N) is 1. The summed E-state index contributed by atoms with van der Waals surface area (Å²) in [5, 5.41) is 0. The minimum absolute atomic E-state index is 0. The number of ether oxygens (including phenoxy) is 1. The maximum absolute atomic E-state index is 11.9. The molecule has 98 valence electrons. The van der Waals surface area contributed by atoms with Crippen molar-refractivity contribution in [1.82, 2.24) is 0 Å². The normalized spacial score (nSPS) is 12.8. The number of hydrogen-bond donors (Lipinski definition) is 1. The van der Waals surface area contributed by atoms with Crippen LogP contribution in [0.25, 0.3) is 0 Å². The van der Waals surface area contributed by atoms with Gasteiger partial charge in [0.05, 0.1) is 0 Å². The van der Waals surface area contributed by atoms with Gasteiger partial charge in [0.15, 0.2) is 0 Å². The van der Waals surface area contributed by atoms with Crippen molar-refractivity contribution in [2.75, 3.05) is 0 Å². The SMILES string of the molecule is CCC[C@H](N)c1ccc(OC(F)(F)F)cc1.Cl. The van der Waals surface area contributed by atoms with E-state index in [0.717, 1.165) is 18.4 Å². The van der Waals surface area contributed by atoms with Crippen LogP contribution in [0.15, 0.2) is 24.3 Å². The Bertz CT molecular complexity index is 326. The molecule has 0 saturated carbocycles. The first-order chi connectivity index (χ1) is 7.42. The van der Waals surface area contributed by atoms with Gasteiger partial charge in [-0.25, -0.2) is 0 Å². The smallest absolute Gasteiger partial charge is 0.406 e. The zero-order valence-electron chi connectivity index (χ0n) is 9.33. The molecule has 2 N–H and O–H groups in total. The van der Waals surface area contributed by atoms with Crippen LogP contribution >= 0.6 is 12.4 Å². The van der Waals surface area contributed by atoms with Crippen molar-refractivity contribution in [3.8, 4) is 5.75 Å². The summed E-state index contributed by atoms with van der Waals surface area (Å²) in [5.74, 6) is -0.222. The lowest BCUT2D eigenvalue weighted by Gasteiger charge is -2.12. The van der Waals surface area contributed by atoms with Crippen LogP contribution in [0.4, 0.5) is 13.2 Å². The predicted octanol–water partition coefficient (Wildman–Crippen LogP) is 3.81. The highest BCUT2D eigenvalue weighted by Gasteiger charge is 2.30. The summed E-state index contributed by atoms with van der Waals surface area (Å²) in [6, 6.07) is 5.53. The van der Waals surface area contributed by atoms with Crippen molar-refractivity contribution in [2.24, 2.45) is 5.73 Å². The quantitative estimate of drug-likeness (QED) is 0.902. The Balaban J connectivity index is 0.00000256. The third kappa shape index (κ3) is 5.79. The van der Waals surface area contributed by atoms with Crippen molar-refractivity contribution in [3.05, 3.63) is 29.8 Å². The van der Waals surface area contributed by atoms with E-state index in [1.165, 1.54) is 12.1 Å². The molecule has 0 amide bonds. The average molecular weight is 270 g/mol. The first-order valence-corrected chi connectivity index (χ1v) is 5.03. The molecule has 0 unspecified atom stereocenters. The lowest BCUT2D eigenvalue weighted by atomic mass is 10.0. The second-order valence-corrected chi connectivity index (χ2v) is 3.51. The van der Waals surface area contributed by atoms with Crippen molar-refractivity contribution in [1.29, 1.82) is 0 Å². The number of alkyl halides is 3. The van der Waals surface area contributed by atoms with Crippen LogP contribution in [0.5, 0.6) is 5.75 Å². The summed E-state index contributed by atoms with van der Waals surface area (Å²) in [7, 11) is 0. The van der Waals surface area contributed by atoms with E-state index in [-0.39, 0.29) is 24.2 Å². The summed E-state index contributed by atoms with van der Waals surface area (Å²) >= 11 is 0. The fraction of sp³-hybridized carbons (Fsp3) is 0.455. The largest absolute Gasteiger partial charge is 0.573 e. The lowest BCUT2D eigenvalue weighted by molar-refractivity contribution is -0.274. The highest BCUT2D eigenvalue weighted by molar-refractivity contribution is 5.85. The van der Waals surface area contributed by atoms with Gasteiger partial charge >= 0.3 is 6.36 Å². The third-order valence-electron chi connectivity index (χ3n) is 2.14. The van der Waals surface area contributed by atoms with Crippen molar-refractivity contribution < 1.29 is 17.9 Å². The number of rotatable bonds is 4. The van der Waals surface area contributed by atoms with Gasteiger partial charge in [0.1, 0.15) is 5.75 Å². The van der Waals surface area contributed by atoms with Crippen LogP contribution in [-0.2, 0) is 0 Å². The standard InChI is InChI=1S/C11H14F3NO.ClH/c1-2-3-10(15)8-4-6-9(7-5-8)16-11(12,13)14;/h4-7,10H,2-3,15H2,1H3;1H/t10-;/m0./s1. The van der Waals surface area contributed by atoms with Crippen LogP contribution in [0.1, 0.15) is 31.4 Å². The molecule has 1 aromatic rings. The van der Waals surface area contributed by atoms with Crippen molar-refractivity contribution in [2.45, 2.75) is 32.2 Å². The fourth-order valence-electron chi connectivity index (χ4n) is 1.39. The monoisotopic (exact) mass is 269 g/mol. The number of benzene rings is 1. The van der Waals surface area contributed by atoms with E-state index >= 15 is 0 Å². The third-order valence-corrected chi connectivity index (χ3v) is 2.14. The van der Waals surface area contributed by atoms with Crippen LogP contribution in [0.3, 0.4) is 0 Å². The Morgan fingerprint density at radius 1 is 1.24 bits per heavy atom. The van der Waals surface area contributed by atoms with Crippen LogP contribution < -0.4 is 10.5 Å². The van der Waals surface area contributed by atoms with E-state index in [9.17, 15) is 13.2 Å². The number of halogens is 4. The Morgan fingerprint density at radius 2 is 1.76 bits per heavy atom. The minimum Gasteiger partial charge on any atom is -0.406 e. The molecular weight excluding hydrogens is 255 g/mol. The first kappa shape index (κ1) is 16.1. The van der Waals surface area contributed by atoms with E-state index in [1.54, 1.807) is 12.1 Å². The Kier molecular flexibility index (Phi) is 6.34. The van der Waals surface area contributed by atoms with Gasteiger partial charge in [-0.2, -0.15) is 0 Å². The number of hydrogen-bond acceptors (Lipinski definition) is 2. The van der Waals surface area contributed by atoms with Gasteiger partial charge < -0.3 is 10.5 Å². The zero-order valence-corrected chi connectivity index (χ0v) is 10.1. The van der Waals surface area contributed by atoms with Gasteiger partial charge in [0.25, 0.3) is 0 Å². The predicted molar refractivity (Wildman–Crippen MR) is 62.2 cm³/mol. The topological polar surface area (TPSA) is 35.2 Å². The Hall–Kier alpha value is -0.940. The van der Waals surface area contributed by atoms with Gasteiger partial charge in [-0.1, -0.05) is 25.5 Å². The molecule has 6 heteroatoms. The fourth-order valence-corrected chi connectivity index (χ4v) is 1.39. The lowest BCUT2D eigenvalue weighted by Crippen LogP contribution is -2.17. The molecule has 0 aliphatic heterocycles. The Labute approximate surface area is 104 Å². The molecule has 1 rings (SSSR count). The highest BCUT2D eigenvalue weighted by atomic mass is 35.5. The maximum Gasteiger partial charge on any atom is 0.573 e. The first-order valence-electron chi connectivity index (χ1n) is 5.03. The molecule has 2 nitrogen and oxygen atoms in total. The molecule has 0 aliphatic rings. The summed E-state index contributed by atoms with van der Waals surface area (Å²) in [4.78, 5) is 0. The molecule has 0 radical (unpaired) electrons. The molecule has 0 saturated heterocycles. The maximum atomic E-state index is 11.9. The summed E-state index contributed by atoms with van der Waals surface area (Å²) < 4.78 is 39.4. The molecule has 0 spiro atoms. The van der Waals surface area contributed by atoms with Crippen molar-refractivity contribution in [3.63, 3.8) is 0 Å². The Morgan fingerprint density at radius 3 is 2.18 bits per heavy atom. The van der Waals surface area contributed by atoms with Gasteiger partial charge in [-0.05, 0) is 24.1 Å². The second kappa shape index (κ2) is 6.71. The summed E-state index contributed by atoms with van der Waals surface area (Å²) in [5.41, 5.74) is 6.64. The van der Waals surface area contributed by atoms with E-state index in [4.69, 9.17) is 5.73 Å². The zero-order chi connectivity index (χ0) is 12.2. The molecule has 0 bridgehead atoms. The van der Waals surface area contributed by atoms with Crippen molar-refractivity contribution >= 4 is 12.4 Å². The molecule has 0 fully saturated rings. The van der Waals surface area contributed by atoms with Crippen LogP contribution in [0.2, 0.25) is 0 Å². The van der Waals surface area contributed by atoms with Crippen LogP contribution in [0, 0.1) is 0 Å². The second-order valence-electron chi connectivity index (χ2n) is 3.51. The molecule has 0 aromatic heterocycles. The van der Waals surface area contributed by atoms with Gasteiger partial charge in [0.2, 0.25) is 0 Å². The highest BCUT2D eigenvalue weighted by Crippen LogP contribution is 2.24. The molecular formula is C11H15ClF3NO. The summed E-state index contributed by atoms with van der Waals surface area (Å²) in [6.45, 7) is 2.00. The van der Waals surface area contributed by atoms with Gasteiger partial charge in [-0.3, -0.25) is 0 Å². The molecule has 1 aromatic carbocycles. The van der Waals surface area contributed by atoms with Gasteiger partial charge in [0, 0.05) is 6.04 Å². The van der Waals surface area contributed by atoms with E-state index in [0.29, 0.717) is 0 Å². The van der Waals surface area contributed by atoms with Crippen LogP contribution in [-0.4, -0.2) is 6.36 Å². The average Bonchev–Trinajstić information content (AvgIpc) is 2.16.